The van der Waals surface area contributed by atoms with E-state index in [0.29, 0.717) is 31.2 Å². The number of fused-ring (bicyclic) bond motifs is 1. The van der Waals surface area contributed by atoms with Gasteiger partial charge in [0.15, 0.2) is 5.82 Å². The number of hydrogen-bond acceptors (Lipinski definition) is 4. The maximum absolute atomic E-state index is 12.6. The molecule has 3 heterocycles. The number of hydrogen-bond donors (Lipinski definition) is 1. The summed E-state index contributed by atoms with van der Waals surface area (Å²) in [6.45, 7) is 3.48. The Morgan fingerprint density at radius 3 is 2.90 bits per heavy atom. The van der Waals surface area contributed by atoms with Gasteiger partial charge >= 0.3 is 0 Å². The molecule has 2 atom stereocenters. The lowest BCUT2D eigenvalue weighted by molar-refractivity contribution is -0.127. The van der Waals surface area contributed by atoms with Crippen LogP contribution in [0.3, 0.4) is 0 Å². The van der Waals surface area contributed by atoms with Gasteiger partial charge < -0.3 is 14.4 Å². The van der Waals surface area contributed by atoms with Gasteiger partial charge in [-0.15, -0.1) is 0 Å². The quantitative estimate of drug-likeness (QED) is 0.554. The summed E-state index contributed by atoms with van der Waals surface area (Å²) < 4.78 is 5.56. The van der Waals surface area contributed by atoms with E-state index in [-0.39, 0.29) is 17.7 Å². The van der Waals surface area contributed by atoms with Crippen molar-refractivity contribution in [2.24, 2.45) is 0 Å². The molecule has 4 aromatic rings. The van der Waals surface area contributed by atoms with Crippen LogP contribution in [0.15, 0.2) is 65.3 Å². The minimum Gasteiger partial charge on any atom is -0.361 e. The number of likely N-dealkylation sites (tertiary alicyclic amines) is 1. The van der Waals surface area contributed by atoms with Crippen LogP contribution in [0.1, 0.15) is 36.6 Å². The van der Waals surface area contributed by atoms with Gasteiger partial charge in [-0.1, -0.05) is 48.5 Å². The number of carbonyl (C=O) groups excluding carboxylic acids is 1. The summed E-state index contributed by atoms with van der Waals surface area (Å²) in [5, 5.41) is 5.24. The summed E-state index contributed by atoms with van der Waals surface area (Å²) in [6, 6.07) is 18.2. The van der Waals surface area contributed by atoms with Crippen LogP contribution in [0, 0.1) is 0 Å². The number of nitrogens with zero attached hydrogens (tertiary/aromatic N) is 3. The van der Waals surface area contributed by atoms with Crippen molar-refractivity contribution < 1.29 is 9.32 Å². The molecule has 1 amide bonds. The van der Waals surface area contributed by atoms with Crippen molar-refractivity contribution >= 4 is 16.8 Å². The van der Waals surface area contributed by atoms with Gasteiger partial charge in [-0.25, -0.2) is 0 Å². The van der Waals surface area contributed by atoms with Crippen LogP contribution in [-0.4, -0.2) is 39.0 Å². The molecule has 1 aliphatic rings. The number of rotatable bonds is 5. The van der Waals surface area contributed by atoms with E-state index in [4.69, 9.17) is 4.52 Å². The van der Waals surface area contributed by atoms with Gasteiger partial charge in [-0.05, 0) is 29.7 Å². The van der Waals surface area contributed by atoms with Gasteiger partial charge in [-0.3, -0.25) is 4.79 Å². The zero-order valence-corrected chi connectivity index (χ0v) is 16.2. The van der Waals surface area contributed by atoms with Gasteiger partial charge in [0, 0.05) is 48.1 Å². The maximum atomic E-state index is 12.6. The van der Waals surface area contributed by atoms with Gasteiger partial charge in [0.25, 0.3) is 5.89 Å². The van der Waals surface area contributed by atoms with Gasteiger partial charge in [0.05, 0.1) is 0 Å². The van der Waals surface area contributed by atoms with Crippen molar-refractivity contribution in [3.05, 3.63) is 72.2 Å². The second kappa shape index (κ2) is 7.20. The molecule has 2 aromatic carbocycles. The van der Waals surface area contributed by atoms with Crippen LogP contribution < -0.4 is 0 Å². The summed E-state index contributed by atoms with van der Waals surface area (Å²) in [4.78, 5) is 22.3. The minimum atomic E-state index is -0.0339. The molecule has 1 N–H and O–H groups in total. The van der Waals surface area contributed by atoms with Gasteiger partial charge in [0.2, 0.25) is 5.91 Å². The predicted molar refractivity (Wildman–Crippen MR) is 110 cm³/mol. The summed E-state index contributed by atoms with van der Waals surface area (Å²) in [5.41, 5.74) is 3.17. The van der Waals surface area contributed by atoms with Crippen LogP contribution in [0.4, 0.5) is 0 Å². The maximum Gasteiger partial charge on any atom is 0.258 e. The van der Waals surface area contributed by atoms with Crippen LogP contribution in [0.5, 0.6) is 0 Å². The van der Waals surface area contributed by atoms with Gasteiger partial charge in [-0.2, -0.15) is 4.98 Å². The fourth-order valence-electron chi connectivity index (χ4n) is 4.12. The summed E-state index contributed by atoms with van der Waals surface area (Å²) >= 11 is 0. The molecule has 6 nitrogen and oxygen atoms in total. The first kappa shape index (κ1) is 17.7. The first-order valence-electron chi connectivity index (χ1n) is 9.92. The molecule has 1 fully saturated rings. The third-order valence-electron chi connectivity index (χ3n) is 5.71. The highest BCUT2D eigenvalue weighted by Gasteiger charge is 2.34. The number of carbonyl (C=O) groups is 1. The van der Waals surface area contributed by atoms with Crippen LogP contribution in [0.2, 0.25) is 0 Å². The SMILES string of the molecule is CC(CN1CC(c2noc(-c3cccc4[nH]ccc34)n2)CC1=O)c1ccccc1. The Kier molecular flexibility index (Phi) is 4.39. The lowest BCUT2D eigenvalue weighted by Crippen LogP contribution is -2.29. The second-order valence-corrected chi connectivity index (χ2v) is 7.71. The molecule has 1 aliphatic heterocycles. The molecule has 1 saturated heterocycles. The summed E-state index contributed by atoms with van der Waals surface area (Å²) in [5.74, 6) is 1.50. The number of benzene rings is 2. The second-order valence-electron chi connectivity index (χ2n) is 7.71. The van der Waals surface area contributed by atoms with Crippen LogP contribution in [0.25, 0.3) is 22.4 Å². The molecule has 0 radical (unpaired) electrons. The zero-order valence-electron chi connectivity index (χ0n) is 16.2. The first-order chi connectivity index (χ1) is 14.2. The molecule has 5 rings (SSSR count). The Balaban J connectivity index is 1.33. The summed E-state index contributed by atoms with van der Waals surface area (Å²) in [7, 11) is 0. The third-order valence-corrected chi connectivity index (χ3v) is 5.71. The first-order valence-corrected chi connectivity index (χ1v) is 9.92. The largest absolute Gasteiger partial charge is 0.361 e. The monoisotopic (exact) mass is 386 g/mol. The number of aromatic nitrogens is 3. The molecular weight excluding hydrogens is 364 g/mol. The summed E-state index contributed by atoms with van der Waals surface area (Å²) in [6.07, 6.45) is 2.32. The smallest absolute Gasteiger partial charge is 0.258 e. The highest BCUT2D eigenvalue weighted by molar-refractivity contribution is 5.92. The van der Waals surface area contributed by atoms with E-state index in [1.807, 2.05) is 53.6 Å². The van der Waals surface area contributed by atoms with Crippen molar-refractivity contribution in [2.75, 3.05) is 13.1 Å². The van der Waals surface area contributed by atoms with Crippen molar-refractivity contribution in [1.82, 2.24) is 20.0 Å². The van der Waals surface area contributed by atoms with E-state index in [1.165, 1.54) is 5.56 Å². The predicted octanol–water partition coefficient (Wildman–Crippen LogP) is 4.34. The Hall–Kier alpha value is -3.41. The van der Waals surface area contributed by atoms with E-state index in [0.717, 1.165) is 16.5 Å². The third kappa shape index (κ3) is 3.31. The molecule has 0 aliphatic carbocycles. The number of aromatic amines is 1. The molecule has 0 bridgehead atoms. The zero-order chi connectivity index (χ0) is 19.8. The number of nitrogens with one attached hydrogen (secondary N) is 1. The Bertz CT molecular complexity index is 1150. The highest BCUT2D eigenvalue weighted by atomic mass is 16.5. The normalized spacial score (nSPS) is 17.9. The minimum absolute atomic E-state index is 0.0339. The fraction of sp³-hybridized carbons (Fsp3) is 0.261. The molecular formula is C23H22N4O2. The Morgan fingerprint density at radius 2 is 2.03 bits per heavy atom. The van der Waals surface area contributed by atoms with E-state index in [9.17, 15) is 4.79 Å². The molecule has 29 heavy (non-hydrogen) atoms. The van der Waals surface area contributed by atoms with Crippen LogP contribution in [-0.2, 0) is 4.79 Å². The lowest BCUT2D eigenvalue weighted by atomic mass is 10.0. The Labute approximate surface area is 168 Å². The molecule has 0 spiro atoms. The van der Waals surface area contributed by atoms with Crippen molar-refractivity contribution in [2.45, 2.75) is 25.2 Å². The standard InChI is InChI=1S/C23H22N4O2/c1-15(16-6-3-2-4-7-16)13-27-14-17(12-21(27)28)22-25-23(29-26-22)19-8-5-9-20-18(19)10-11-24-20/h2-11,15,17,24H,12-14H2,1H3. The van der Waals surface area contributed by atoms with Gasteiger partial charge in [0.1, 0.15) is 0 Å². The average Bonchev–Trinajstić information content (AvgIpc) is 3.48. The van der Waals surface area contributed by atoms with Crippen LogP contribution >= 0.6 is 0 Å². The molecule has 146 valence electrons. The van der Waals surface area contributed by atoms with E-state index < -0.39 is 0 Å². The molecule has 0 saturated carbocycles. The molecule has 6 heteroatoms. The number of amides is 1. The highest BCUT2D eigenvalue weighted by Crippen LogP contribution is 2.32. The topological polar surface area (TPSA) is 75.0 Å². The van der Waals surface area contributed by atoms with Crippen molar-refractivity contribution in [3.63, 3.8) is 0 Å². The van der Waals surface area contributed by atoms with Crippen molar-refractivity contribution in [1.29, 1.82) is 0 Å². The van der Waals surface area contributed by atoms with E-state index in [1.54, 1.807) is 0 Å². The van der Waals surface area contributed by atoms with E-state index >= 15 is 0 Å². The fourth-order valence-corrected chi connectivity index (χ4v) is 4.12. The number of H-pyrrole nitrogens is 1. The Morgan fingerprint density at radius 1 is 1.17 bits per heavy atom. The van der Waals surface area contributed by atoms with Crippen molar-refractivity contribution in [3.8, 4) is 11.5 Å². The average molecular weight is 386 g/mol. The lowest BCUT2D eigenvalue weighted by Gasteiger charge is -2.21. The van der Waals surface area contributed by atoms with E-state index in [2.05, 4.69) is 34.2 Å². The molecule has 2 unspecified atom stereocenters. The molecule has 2 aromatic heterocycles.